The standard InChI is InChI=1S/C14H20F2N2O2/c1-2-17-7-10-5-12(15)14(13(16)6-10)18-3-4-20-11(8-18)9-19/h5-6,11,17,19H,2-4,7-9H2,1H3. The number of benzene rings is 1. The molecule has 0 saturated carbocycles. The van der Waals surface area contributed by atoms with Crippen LogP contribution in [-0.4, -0.2) is 44.1 Å². The van der Waals surface area contributed by atoms with Gasteiger partial charge in [0, 0.05) is 19.6 Å². The highest BCUT2D eigenvalue weighted by Gasteiger charge is 2.25. The van der Waals surface area contributed by atoms with Crippen LogP contribution in [0.25, 0.3) is 0 Å². The molecular formula is C14H20F2N2O2. The molecule has 20 heavy (non-hydrogen) atoms. The number of hydrogen-bond acceptors (Lipinski definition) is 4. The topological polar surface area (TPSA) is 44.7 Å². The normalized spacial score (nSPS) is 19.4. The molecule has 4 nitrogen and oxygen atoms in total. The zero-order valence-corrected chi connectivity index (χ0v) is 11.5. The van der Waals surface area contributed by atoms with Crippen LogP contribution in [0.2, 0.25) is 0 Å². The average molecular weight is 286 g/mol. The van der Waals surface area contributed by atoms with E-state index in [0.29, 0.717) is 25.3 Å². The highest BCUT2D eigenvalue weighted by atomic mass is 19.1. The van der Waals surface area contributed by atoms with Gasteiger partial charge in [0.1, 0.15) is 17.3 Å². The fourth-order valence-corrected chi connectivity index (χ4v) is 2.32. The lowest BCUT2D eigenvalue weighted by atomic mass is 10.1. The maximum atomic E-state index is 14.1. The van der Waals surface area contributed by atoms with Gasteiger partial charge in [0.2, 0.25) is 0 Å². The number of morpholine rings is 1. The van der Waals surface area contributed by atoms with E-state index in [1.807, 2.05) is 6.92 Å². The Labute approximate surface area is 117 Å². The lowest BCUT2D eigenvalue weighted by Crippen LogP contribution is -2.44. The Bertz CT molecular complexity index is 434. The van der Waals surface area contributed by atoms with Crippen molar-refractivity contribution in [2.45, 2.75) is 19.6 Å². The van der Waals surface area contributed by atoms with Crippen molar-refractivity contribution >= 4 is 5.69 Å². The minimum absolute atomic E-state index is 0.0352. The first-order chi connectivity index (χ1) is 9.65. The number of aliphatic hydroxyl groups excluding tert-OH is 1. The third-order valence-corrected chi connectivity index (χ3v) is 3.31. The van der Waals surface area contributed by atoms with Crippen LogP contribution in [0.4, 0.5) is 14.5 Å². The highest BCUT2D eigenvalue weighted by molar-refractivity contribution is 5.51. The average Bonchev–Trinajstić information content (AvgIpc) is 2.44. The van der Waals surface area contributed by atoms with Gasteiger partial charge in [0.25, 0.3) is 0 Å². The van der Waals surface area contributed by atoms with Gasteiger partial charge in [-0.2, -0.15) is 0 Å². The highest BCUT2D eigenvalue weighted by Crippen LogP contribution is 2.26. The van der Waals surface area contributed by atoms with Crippen LogP contribution in [0.15, 0.2) is 12.1 Å². The van der Waals surface area contributed by atoms with Crippen molar-refractivity contribution in [2.24, 2.45) is 0 Å². The predicted molar refractivity (Wildman–Crippen MR) is 72.8 cm³/mol. The molecule has 0 aliphatic carbocycles. The summed E-state index contributed by atoms with van der Waals surface area (Å²) < 4.78 is 33.6. The Morgan fingerprint density at radius 2 is 2.10 bits per heavy atom. The van der Waals surface area contributed by atoms with E-state index in [9.17, 15) is 8.78 Å². The molecule has 0 bridgehead atoms. The van der Waals surface area contributed by atoms with Crippen LogP contribution < -0.4 is 10.2 Å². The molecule has 0 amide bonds. The van der Waals surface area contributed by atoms with E-state index in [4.69, 9.17) is 9.84 Å². The van der Waals surface area contributed by atoms with Gasteiger partial charge in [-0.3, -0.25) is 0 Å². The summed E-state index contributed by atoms with van der Waals surface area (Å²) in [6.07, 6.45) is -0.399. The van der Waals surface area contributed by atoms with Crippen LogP contribution in [0.5, 0.6) is 0 Å². The van der Waals surface area contributed by atoms with Crippen molar-refractivity contribution in [3.63, 3.8) is 0 Å². The largest absolute Gasteiger partial charge is 0.394 e. The van der Waals surface area contributed by atoms with E-state index in [2.05, 4.69) is 5.32 Å². The summed E-state index contributed by atoms with van der Waals surface area (Å²) >= 11 is 0. The van der Waals surface area contributed by atoms with E-state index < -0.39 is 17.7 Å². The Morgan fingerprint density at radius 3 is 2.70 bits per heavy atom. The molecule has 1 heterocycles. The van der Waals surface area contributed by atoms with Crippen LogP contribution in [0.1, 0.15) is 12.5 Å². The lowest BCUT2D eigenvalue weighted by molar-refractivity contribution is 0.00323. The van der Waals surface area contributed by atoms with Gasteiger partial charge < -0.3 is 20.1 Å². The van der Waals surface area contributed by atoms with E-state index in [0.717, 1.165) is 6.54 Å². The summed E-state index contributed by atoms with van der Waals surface area (Å²) in [5, 5.41) is 12.1. The monoisotopic (exact) mass is 286 g/mol. The van der Waals surface area contributed by atoms with E-state index >= 15 is 0 Å². The molecule has 1 atom stereocenters. The molecule has 1 saturated heterocycles. The van der Waals surface area contributed by atoms with Crippen LogP contribution >= 0.6 is 0 Å². The minimum Gasteiger partial charge on any atom is -0.394 e. The first-order valence-corrected chi connectivity index (χ1v) is 6.81. The summed E-state index contributed by atoms with van der Waals surface area (Å²) in [4.78, 5) is 1.59. The number of ether oxygens (including phenoxy) is 1. The van der Waals surface area contributed by atoms with E-state index in [1.165, 1.54) is 12.1 Å². The van der Waals surface area contributed by atoms with Crippen molar-refractivity contribution in [2.75, 3.05) is 37.7 Å². The molecule has 112 valence electrons. The third-order valence-electron chi connectivity index (χ3n) is 3.31. The van der Waals surface area contributed by atoms with Gasteiger partial charge in [-0.25, -0.2) is 8.78 Å². The molecule has 1 aromatic rings. The maximum absolute atomic E-state index is 14.1. The summed E-state index contributed by atoms with van der Waals surface area (Å²) in [6.45, 7) is 4.01. The van der Waals surface area contributed by atoms with Crippen molar-refractivity contribution in [1.29, 1.82) is 0 Å². The second kappa shape index (κ2) is 6.97. The molecule has 1 aliphatic rings. The number of hydrogen-bond donors (Lipinski definition) is 2. The number of nitrogens with one attached hydrogen (secondary N) is 1. The fourth-order valence-electron chi connectivity index (χ4n) is 2.32. The van der Waals surface area contributed by atoms with E-state index in [1.54, 1.807) is 4.90 Å². The second-order valence-corrected chi connectivity index (χ2v) is 4.81. The van der Waals surface area contributed by atoms with Crippen molar-refractivity contribution in [3.8, 4) is 0 Å². The quantitative estimate of drug-likeness (QED) is 0.856. The number of anilines is 1. The molecule has 0 radical (unpaired) electrons. The zero-order valence-electron chi connectivity index (χ0n) is 11.5. The Balaban J connectivity index is 2.19. The Hall–Kier alpha value is -1.24. The lowest BCUT2D eigenvalue weighted by Gasteiger charge is -2.34. The number of rotatable bonds is 5. The molecule has 2 N–H and O–H groups in total. The van der Waals surface area contributed by atoms with Gasteiger partial charge in [-0.15, -0.1) is 0 Å². The number of halogens is 2. The van der Waals surface area contributed by atoms with Gasteiger partial charge >= 0.3 is 0 Å². The third kappa shape index (κ3) is 3.45. The van der Waals surface area contributed by atoms with E-state index in [-0.39, 0.29) is 18.8 Å². The van der Waals surface area contributed by atoms with Gasteiger partial charge in [0.05, 0.1) is 19.3 Å². The molecule has 1 aromatic carbocycles. The van der Waals surface area contributed by atoms with Crippen molar-refractivity contribution in [3.05, 3.63) is 29.3 Å². The summed E-state index contributed by atoms with van der Waals surface area (Å²) in [6, 6.07) is 2.70. The number of aliphatic hydroxyl groups is 1. The SMILES string of the molecule is CCNCc1cc(F)c(N2CCOC(CO)C2)c(F)c1. The molecule has 6 heteroatoms. The summed E-state index contributed by atoms with van der Waals surface area (Å²) in [7, 11) is 0. The Kier molecular flexibility index (Phi) is 5.28. The molecular weight excluding hydrogens is 266 g/mol. The molecule has 2 rings (SSSR count). The first-order valence-electron chi connectivity index (χ1n) is 6.81. The zero-order chi connectivity index (χ0) is 14.5. The molecule has 1 fully saturated rings. The first kappa shape index (κ1) is 15.2. The summed E-state index contributed by atoms with van der Waals surface area (Å²) in [5.74, 6) is -1.15. The van der Waals surface area contributed by atoms with Gasteiger partial charge in [-0.05, 0) is 24.2 Å². The van der Waals surface area contributed by atoms with Crippen LogP contribution in [0, 0.1) is 11.6 Å². The van der Waals surface area contributed by atoms with Gasteiger partial charge in [-0.1, -0.05) is 6.92 Å². The number of nitrogens with zero attached hydrogens (tertiary/aromatic N) is 1. The van der Waals surface area contributed by atoms with Crippen molar-refractivity contribution < 1.29 is 18.6 Å². The van der Waals surface area contributed by atoms with Crippen LogP contribution in [0.3, 0.4) is 0 Å². The van der Waals surface area contributed by atoms with Gasteiger partial charge in [0.15, 0.2) is 0 Å². The predicted octanol–water partition coefficient (Wildman–Crippen LogP) is 1.27. The smallest absolute Gasteiger partial charge is 0.149 e. The molecule has 0 spiro atoms. The molecule has 0 aromatic heterocycles. The molecule has 1 unspecified atom stereocenters. The maximum Gasteiger partial charge on any atom is 0.149 e. The van der Waals surface area contributed by atoms with Crippen molar-refractivity contribution in [1.82, 2.24) is 5.32 Å². The Morgan fingerprint density at radius 1 is 1.40 bits per heavy atom. The van der Waals surface area contributed by atoms with Crippen LogP contribution in [-0.2, 0) is 11.3 Å². The fraction of sp³-hybridized carbons (Fsp3) is 0.571. The second-order valence-electron chi connectivity index (χ2n) is 4.81. The molecule has 1 aliphatic heterocycles. The minimum atomic E-state index is -0.573. The summed E-state index contributed by atoms with van der Waals surface area (Å²) in [5.41, 5.74) is 0.546.